The summed E-state index contributed by atoms with van der Waals surface area (Å²) in [6.45, 7) is 5.97. The molecule has 0 aliphatic carbocycles. The number of ether oxygens (including phenoxy) is 1. The van der Waals surface area contributed by atoms with Crippen molar-refractivity contribution in [2.75, 3.05) is 25.1 Å². The van der Waals surface area contributed by atoms with Crippen LogP contribution in [-0.2, 0) is 32.6 Å². The Hall–Kier alpha value is -2.64. The minimum atomic E-state index is -1.05. The molecule has 2 atom stereocenters. The molecule has 1 aromatic heterocycles. The van der Waals surface area contributed by atoms with Crippen LogP contribution in [0.4, 0.5) is 5.82 Å². The number of carbonyl (C=O) groups excluding carboxylic acids is 1. The summed E-state index contributed by atoms with van der Waals surface area (Å²) in [7, 11) is 0. The van der Waals surface area contributed by atoms with Gasteiger partial charge in [-0.2, -0.15) is 0 Å². The average Bonchev–Trinajstić information content (AvgIpc) is 2.95. The van der Waals surface area contributed by atoms with E-state index in [2.05, 4.69) is 29.7 Å². The molecule has 3 N–H and O–H groups in total. The van der Waals surface area contributed by atoms with E-state index >= 15 is 0 Å². The number of aromatic nitrogens is 1. The summed E-state index contributed by atoms with van der Waals surface area (Å²) in [5.41, 5.74) is 2.40. The van der Waals surface area contributed by atoms with Crippen LogP contribution < -0.4 is 10.6 Å². The number of carbonyl (C=O) groups is 2. The number of fused-ring (bicyclic) bond motifs is 1. The van der Waals surface area contributed by atoms with Gasteiger partial charge >= 0.3 is 5.97 Å². The van der Waals surface area contributed by atoms with E-state index < -0.39 is 17.4 Å². The predicted molar refractivity (Wildman–Crippen MR) is 161 cm³/mol. The first-order chi connectivity index (χ1) is 19.4. The van der Waals surface area contributed by atoms with E-state index in [1.54, 1.807) is 6.07 Å². The number of anilines is 1. The van der Waals surface area contributed by atoms with E-state index in [0.717, 1.165) is 81.4 Å². The number of nitrogens with zero attached hydrogens (tertiary/aromatic N) is 1. The zero-order valence-corrected chi connectivity index (χ0v) is 24.9. The topological polar surface area (TPSA) is 101 Å². The number of amides is 1. The van der Waals surface area contributed by atoms with Gasteiger partial charge in [-0.15, -0.1) is 0 Å². The van der Waals surface area contributed by atoms with Gasteiger partial charge in [0.2, 0.25) is 5.91 Å². The number of pyridine rings is 1. The smallest absolute Gasteiger partial charge is 0.326 e. The van der Waals surface area contributed by atoms with Gasteiger partial charge in [-0.3, -0.25) is 4.79 Å². The zero-order valence-electron chi connectivity index (χ0n) is 24.1. The Bertz CT molecular complexity index is 1100. The Morgan fingerprint density at radius 3 is 2.70 bits per heavy atom. The first kappa shape index (κ1) is 31.9. The Morgan fingerprint density at radius 2 is 1.95 bits per heavy atom. The highest BCUT2D eigenvalue weighted by Gasteiger charge is 2.40. The van der Waals surface area contributed by atoms with Crippen molar-refractivity contribution in [1.82, 2.24) is 10.3 Å². The van der Waals surface area contributed by atoms with Gasteiger partial charge in [-0.05, 0) is 74.3 Å². The molecule has 2 aromatic rings. The van der Waals surface area contributed by atoms with E-state index in [-0.39, 0.29) is 18.9 Å². The van der Waals surface area contributed by atoms with E-state index in [1.165, 1.54) is 5.56 Å². The van der Waals surface area contributed by atoms with Gasteiger partial charge in [0.05, 0.1) is 5.41 Å². The summed E-state index contributed by atoms with van der Waals surface area (Å²) in [4.78, 5) is 30.6. The van der Waals surface area contributed by atoms with Gasteiger partial charge in [0, 0.05) is 36.9 Å². The summed E-state index contributed by atoms with van der Waals surface area (Å²) >= 11 is 6.31. The molecule has 1 amide bonds. The van der Waals surface area contributed by atoms with Crippen molar-refractivity contribution < 1.29 is 19.4 Å². The minimum Gasteiger partial charge on any atom is -0.480 e. The van der Waals surface area contributed by atoms with Crippen molar-refractivity contribution in [2.45, 2.75) is 102 Å². The molecule has 3 rings (SSSR count). The molecule has 0 fully saturated rings. The number of hydrogen-bond donors (Lipinski definition) is 3. The van der Waals surface area contributed by atoms with Crippen molar-refractivity contribution in [3.63, 3.8) is 0 Å². The normalized spacial score (nSPS) is 15.0. The standard InChI is InChI=1S/C32H46ClN3O4/c1-3-5-7-19-32(18-4-2,25-12-9-13-26(33)23-25)31(39)36-28(30(37)38)17-22-40-21-8-6-14-27-16-15-24-11-10-20-34-29(24)35-27/h9,12-13,15-16,23,28H,3-8,10-11,14,17-22H2,1-2H3,(H,34,35)(H,36,39)(H,37,38). The van der Waals surface area contributed by atoms with Gasteiger partial charge in [-0.1, -0.05) is 69.3 Å². The fourth-order valence-corrected chi connectivity index (χ4v) is 5.73. The maximum Gasteiger partial charge on any atom is 0.326 e. The van der Waals surface area contributed by atoms with Crippen molar-refractivity contribution in [3.05, 3.63) is 58.2 Å². The molecule has 1 aliphatic heterocycles. The number of carboxylic acids is 1. The summed E-state index contributed by atoms with van der Waals surface area (Å²) in [5, 5.41) is 16.7. The molecule has 1 aromatic carbocycles. The number of aliphatic carboxylic acids is 1. The Labute approximate surface area is 244 Å². The lowest BCUT2D eigenvalue weighted by Crippen LogP contribution is -2.51. The first-order valence-corrected chi connectivity index (χ1v) is 15.4. The lowest BCUT2D eigenvalue weighted by molar-refractivity contribution is -0.143. The highest BCUT2D eigenvalue weighted by Crippen LogP contribution is 2.37. The van der Waals surface area contributed by atoms with Crippen LogP contribution in [0.3, 0.4) is 0 Å². The summed E-state index contributed by atoms with van der Waals surface area (Å²) in [5.74, 6) is -0.272. The average molecular weight is 572 g/mol. The number of halogens is 1. The minimum absolute atomic E-state index is 0.214. The molecule has 0 saturated carbocycles. The second-order valence-corrected chi connectivity index (χ2v) is 11.3. The molecule has 1 aliphatic rings. The van der Waals surface area contributed by atoms with Crippen LogP contribution >= 0.6 is 11.6 Å². The highest BCUT2D eigenvalue weighted by atomic mass is 35.5. The Balaban J connectivity index is 1.51. The van der Waals surface area contributed by atoms with Gasteiger partial charge in [0.1, 0.15) is 11.9 Å². The third-order valence-electron chi connectivity index (χ3n) is 7.77. The molecular weight excluding hydrogens is 526 g/mol. The zero-order chi connectivity index (χ0) is 28.8. The van der Waals surface area contributed by atoms with Crippen LogP contribution in [0.15, 0.2) is 36.4 Å². The van der Waals surface area contributed by atoms with Gasteiger partial charge < -0.3 is 20.5 Å². The van der Waals surface area contributed by atoms with E-state index in [1.807, 2.05) is 25.1 Å². The molecule has 0 spiro atoms. The summed E-state index contributed by atoms with van der Waals surface area (Å²) in [6, 6.07) is 10.7. The van der Waals surface area contributed by atoms with Gasteiger partial charge in [-0.25, -0.2) is 9.78 Å². The Morgan fingerprint density at radius 1 is 1.10 bits per heavy atom. The number of nitrogens with one attached hydrogen (secondary N) is 2. The van der Waals surface area contributed by atoms with Gasteiger partial charge in [0.25, 0.3) is 0 Å². The quantitative estimate of drug-likeness (QED) is 0.172. The monoisotopic (exact) mass is 571 g/mol. The maximum atomic E-state index is 13.8. The molecule has 220 valence electrons. The summed E-state index contributed by atoms with van der Waals surface area (Å²) < 4.78 is 5.77. The van der Waals surface area contributed by atoms with Crippen molar-refractivity contribution in [1.29, 1.82) is 0 Å². The second kappa shape index (κ2) is 16.6. The number of carboxylic acid groups (broad SMARTS) is 1. The van der Waals surface area contributed by atoms with E-state index in [9.17, 15) is 14.7 Å². The lowest BCUT2D eigenvalue weighted by atomic mass is 9.72. The van der Waals surface area contributed by atoms with Crippen molar-refractivity contribution in [2.24, 2.45) is 0 Å². The number of aryl methyl sites for hydroxylation is 2. The van der Waals surface area contributed by atoms with Crippen LogP contribution in [0.2, 0.25) is 5.02 Å². The van der Waals surface area contributed by atoms with Crippen LogP contribution in [-0.4, -0.2) is 47.8 Å². The number of unbranched alkanes of at least 4 members (excludes halogenated alkanes) is 3. The molecule has 40 heavy (non-hydrogen) atoms. The highest BCUT2D eigenvalue weighted by molar-refractivity contribution is 6.30. The molecule has 0 bridgehead atoms. The van der Waals surface area contributed by atoms with Crippen LogP contribution in [0, 0.1) is 0 Å². The van der Waals surface area contributed by atoms with Gasteiger partial charge in [0.15, 0.2) is 0 Å². The largest absolute Gasteiger partial charge is 0.480 e. The molecule has 2 heterocycles. The number of rotatable bonds is 18. The van der Waals surface area contributed by atoms with Crippen LogP contribution in [0.1, 0.15) is 94.9 Å². The van der Waals surface area contributed by atoms with Crippen molar-refractivity contribution in [3.8, 4) is 0 Å². The van der Waals surface area contributed by atoms with Crippen LogP contribution in [0.25, 0.3) is 0 Å². The predicted octanol–water partition coefficient (Wildman–Crippen LogP) is 6.71. The lowest BCUT2D eigenvalue weighted by Gasteiger charge is -2.34. The molecule has 0 radical (unpaired) electrons. The van der Waals surface area contributed by atoms with E-state index in [4.69, 9.17) is 21.3 Å². The third-order valence-corrected chi connectivity index (χ3v) is 8.01. The summed E-state index contributed by atoms with van der Waals surface area (Å²) in [6.07, 6.45) is 10.1. The third kappa shape index (κ3) is 9.20. The number of benzene rings is 1. The molecular formula is C32H46ClN3O4. The molecule has 0 saturated heterocycles. The SMILES string of the molecule is CCCCCC(CCC)(C(=O)NC(CCOCCCCc1ccc2c(n1)NCCC2)C(=O)O)c1cccc(Cl)c1. The van der Waals surface area contributed by atoms with Crippen molar-refractivity contribution >= 4 is 29.3 Å². The van der Waals surface area contributed by atoms with E-state index in [0.29, 0.717) is 24.5 Å². The fraction of sp³-hybridized carbons (Fsp3) is 0.594. The molecule has 2 unspecified atom stereocenters. The molecule has 7 nitrogen and oxygen atoms in total. The number of hydrogen-bond acceptors (Lipinski definition) is 5. The fourth-order valence-electron chi connectivity index (χ4n) is 5.54. The first-order valence-electron chi connectivity index (χ1n) is 15.0. The second-order valence-electron chi connectivity index (χ2n) is 10.9. The van der Waals surface area contributed by atoms with Crippen LogP contribution in [0.5, 0.6) is 0 Å². The Kier molecular flexibility index (Phi) is 13.2. The maximum absolute atomic E-state index is 13.8. The molecule has 8 heteroatoms.